The second-order valence-corrected chi connectivity index (χ2v) is 8.09. The van der Waals surface area contributed by atoms with Gasteiger partial charge in [-0.3, -0.25) is 4.90 Å². The average molecular weight is 392 g/mol. The van der Waals surface area contributed by atoms with Crippen LogP contribution < -0.4 is 4.74 Å². The summed E-state index contributed by atoms with van der Waals surface area (Å²) in [4.78, 5) is 12.0. The van der Waals surface area contributed by atoms with Crippen molar-refractivity contribution in [1.82, 2.24) is 14.9 Å². The summed E-state index contributed by atoms with van der Waals surface area (Å²) in [5, 5.41) is 10.1. The monoisotopic (exact) mass is 391 g/mol. The van der Waals surface area contributed by atoms with Gasteiger partial charge in [-0.2, -0.15) is 0 Å². The summed E-state index contributed by atoms with van der Waals surface area (Å²) in [6.07, 6.45) is 2.82. The number of fused-ring (bicyclic) bond motifs is 1. The van der Waals surface area contributed by atoms with E-state index in [1.165, 1.54) is 0 Å². The van der Waals surface area contributed by atoms with E-state index in [1.54, 1.807) is 0 Å². The summed E-state index contributed by atoms with van der Waals surface area (Å²) >= 11 is 0. The normalized spacial score (nSPS) is 16.8. The fraction of sp³-hybridized carbons (Fsp3) is 0.417. The fourth-order valence-corrected chi connectivity index (χ4v) is 4.06. The minimum atomic E-state index is -0.0462. The molecule has 152 valence electrons. The molecule has 29 heavy (non-hydrogen) atoms. The van der Waals surface area contributed by atoms with Gasteiger partial charge in [0.05, 0.1) is 29.0 Å². The molecule has 3 aromatic rings. The lowest BCUT2D eigenvalue weighted by atomic mass is 9.76. The van der Waals surface area contributed by atoms with Crippen molar-refractivity contribution in [3.8, 4) is 5.75 Å². The lowest BCUT2D eigenvalue weighted by Crippen LogP contribution is -2.42. The first-order valence-corrected chi connectivity index (χ1v) is 10.4. The van der Waals surface area contributed by atoms with Crippen LogP contribution in [-0.2, 0) is 6.54 Å². The molecule has 1 fully saturated rings. The molecule has 1 aliphatic rings. The Morgan fingerprint density at radius 1 is 0.966 bits per heavy atom. The van der Waals surface area contributed by atoms with Crippen molar-refractivity contribution in [3.05, 3.63) is 66.0 Å². The second-order valence-electron chi connectivity index (χ2n) is 8.09. The minimum Gasteiger partial charge on any atom is -0.494 e. The number of rotatable bonds is 7. The molecule has 0 saturated carbocycles. The number of para-hydroxylation sites is 3. The molecule has 0 radical (unpaired) electrons. The molecule has 5 heteroatoms. The number of ether oxygens (including phenoxy) is 1. The third-order valence-corrected chi connectivity index (χ3v) is 6.11. The van der Waals surface area contributed by atoms with Gasteiger partial charge in [-0.25, -0.2) is 9.97 Å². The summed E-state index contributed by atoms with van der Waals surface area (Å²) in [5.74, 6) is 0.892. The van der Waals surface area contributed by atoms with Crippen molar-refractivity contribution < 1.29 is 9.84 Å². The number of nitrogens with zero attached hydrogens (tertiary/aromatic N) is 3. The largest absolute Gasteiger partial charge is 0.494 e. The summed E-state index contributed by atoms with van der Waals surface area (Å²) in [7, 11) is 0. The van der Waals surface area contributed by atoms with Gasteiger partial charge in [0.25, 0.3) is 0 Å². The van der Waals surface area contributed by atoms with E-state index in [9.17, 15) is 5.11 Å². The Bertz CT molecular complexity index is 937. The highest BCUT2D eigenvalue weighted by atomic mass is 16.5. The summed E-state index contributed by atoms with van der Waals surface area (Å²) in [6, 6.07) is 17.9. The van der Waals surface area contributed by atoms with Crippen LogP contribution in [-0.4, -0.2) is 46.3 Å². The maximum Gasteiger partial charge on any atom is 0.119 e. The van der Waals surface area contributed by atoms with E-state index in [0.29, 0.717) is 6.61 Å². The lowest BCUT2D eigenvalue weighted by Gasteiger charge is -2.40. The van der Waals surface area contributed by atoms with Crippen molar-refractivity contribution >= 4 is 11.0 Å². The van der Waals surface area contributed by atoms with Crippen molar-refractivity contribution in [3.63, 3.8) is 0 Å². The molecule has 1 aromatic heterocycles. The molecule has 1 aliphatic heterocycles. The number of aryl methyl sites for hydroxylation is 1. The van der Waals surface area contributed by atoms with E-state index in [2.05, 4.69) is 4.90 Å². The highest BCUT2D eigenvalue weighted by Crippen LogP contribution is 2.35. The first-order valence-electron chi connectivity index (χ1n) is 10.4. The number of aliphatic hydroxyl groups is 1. The van der Waals surface area contributed by atoms with Crippen molar-refractivity contribution in [2.45, 2.75) is 32.7 Å². The molecule has 5 nitrogen and oxygen atoms in total. The molecule has 1 N–H and O–H groups in total. The van der Waals surface area contributed by atoms with Gasteiger partial charge in [0.1, 0.15) is 5.75 Å². The molecule has 1 saturated heterocycles. The SMILES string of the molecule is Cc1nc2ccccc2nc1CN1CCC(CO)(CCOc2ccccc2)CC1. The number of aromatic nitrogens is 2. The predicted molar refractivity (Wildman–Crippen MR) is 115 cm³/mol. The van der Waals surface area contributed by atoms with Crippen LogP contribution in [0.25, 0.3) is 11.0 Å². The zero-order valence-electron chi connectivity index (χ0n) is 17.1. The first kappa shape index (κ1) is 19.8. The molecule has 0 amide bonds. The van der Waals surface area contributed by atoms with Gasteiger partial charge in [0, 0.05) is 13.2 Å². The Morgan fingerprint density at radius 3 is 2.31 bits per heavy atom. The van der Waals surface area contributed by atoms with Crippen LogP contribution >= 0.6 is 0 Å². The van der Waals surface area contributed by atoms with Gasteiger partial charge >= 0.3 is 0 Å². The number of hydrogen-bond acceptors (Lipinski definition) is 5. The van der Waals surface area contributed by atoms with Gasteiger partial charge in [-0.15, -0.1) is 0 Å². The van der Waals surface area contributed by atoms with Gasteiger partial charge in [-0.1, -0.05) is 30.3 Å². The highest BCUT2D eigenvalue weighted by Gasteiger charge is 2.34. The average Bonchev–Trinajstić information content (AvgIpc) is 2.76. The molecule has 0 spiro atoms. The Balaban J connectivity index is 1.33. The van der Waals surface area contributed by atoms with E-state index in [0.717, 1.165) is 67.1 Å². The molecule has 2 aromatic carbocycles. The van der Waals surface area contributed by atoms with E-state index < -0.39 is 0 Å². The predicted octanol–water partition coefficient (Wildman–Crippen LogP) is 3.98. The molecule has 0 aliphatic carbocycles. The van der Waals surface area contributed by atoms with Crippen LogP contribution in [0.5, 0.6) is 5.75 Å². The molecular weight excluding hydrogens is 362 g/mol. The fourth-order valence-electron chi connectivity index (χ4n) is 4.06. The molecule has 4 rings (SSSR count). The van der Waals surface area contributed by atoms with Crippen LogP contribution in [0.15, 0.2) is 54.6 Å². The number of benzene rings is 2. The van der Waals surface area contributed by atoms with E-state index in [1.807, 2.05) is 61.5 Å². The Hall–Kier alpha value is -2.50. The maximum absolute atomic E-state index is 10.1. The number of likely N-dealkylation sites (tertiary alicyclic amines) is 1. The van der Waals surface area contributed by atoms with Crippen LogP contribution in [0.2, 0.25) is 0 Å². The van der Waals surface area contributed by atoms with Gasteiger partial charge < -0.3 is 9.84 Å². The maximum atomic E-state index is 10.1. The van der Waals surface area contributed by atoms with Gasteiger partial charge in [-0.05, 0) is 69.0 Å². The van der Waals surface area contributed by atoms with Crippen molar-refractivity contribution in [2.75, 3.05) is 26.3 Å². The zero-order valence-corrected chi connectivity index (χ0v) is 17.1. The molecule has 0 bridgehead atoms. The number of hydrogen-bond donors (Lipinski definition) is 1. The van der Waals surface area contributed by atoms with Crippen LogP contribution in [0.4, 0.5) is 0 Å². The van der Waals surface area contributed by atoms with E-state index in [4.69, 9.17) is 14.7 Å². The smallest absolute Gasteiger partial charge is 0.119 e. The van der Waals surface area contributed by atoms with Crippen LogP contribution in [0.3, 0.4) is 0 Å². The summed E-state index contributed by atoms with van der Waals surface area (Å²) < 4.78 is 5.87. The van der Waals surface area contributed by atoms with Crippen LogP contribution in [0, 0.1) is 12.3 Å². The topological polar surface area (TPSA) is 58.5 Å². The van der Waals surface area contributed by atoms with Gasteiger partial charge in [0.2, 0.25) is 0 Å². The molecular formula is C24H29N3O2. The molecule has 2 heterocycles. The standard InChI is InChI=1S/C24H29N3O2/c1-19-23(26-22-10-6-5-9-21(22)25-19)17-27-14-11-24(18-28,12-15-27)13-16-29-20-7-3-2-4-8-20/h2-10,28H,11-18H2,1H3. The highest BCUT2D eigenvalue weighted by molar-refractivity contribution is 5.74. The minimum absolute atomic E-state index is 0.0462. The Labute approximate surface area is 172 Å². The summed E-state index contributed by atoms with van der Waals surface area (Å²) in [6.45, 7) is 5.62. The number of piperidine rings is 1. The zero-order chi connectivity index (χ0) is 20.1. The summed E-state index contributed by atoms with van der Waals surface area (Å²) in [5.41, 5.74) is 3.90. The second kappa shape index (κ2) is 8.89. The third-order valence-electron chi connectivity index (χ3n) is 6.11. The van der Waals surface area contributed by atoms with Crippen LogP contribution in [0.1, 0.15) is 30.7 Å². The Morgan fingerprint density at radius 2 is 1.62 bits per heavy atom. The quantitative estimate of drug-likeness (QED) is 0.660. The van der Waals surface area contributed by atoms with E-state index in [-0.39, 0.29) is 12.0 Å². The van der Waals surface area contributed by atoms with E-state index >= 15 is 0 Å². The third kappa shape index (κ3) is 4.74. The Kier molecular flexibility index (Phi) is 6.07. The van der Waals surface area contributed by atoms with Crippen molar-refractivity contribution in [2.24, 2.45) is 5.41 Å². The first-order chi connectivity index (χ1) is 14.2. The molecule has 0 atom stereocenters. The van der Waals surface area contributed by atoms with Crippen molar-refractivity contribution in [1.29, 1.82) is 0 Å². The molecule has 0 unspecified atom stereocenters. The van der Waals surface area contributed by atoms with Gasteiger partial charge in [0.15, 0.2) is 0 Å². The number of aliphatic hydroxyl groups excluding tert-OH is 1. The lowest BCUT2D eigenvalue weighted by molar-refractivity contribution is 0.0239.